The Morgan fingerprint density at radius 1 is 1.41 bits per heavy atom. The quantitative estimate of drug-likeness (QED) is 0.830. The van der Waals surface area contributed by atoms with Gasteiger partial charge in [0.15, 0.2) is 5.78 Å². The number of Topliss-reactive ketones (excluding diaryl/α,β-unsaturated/α-hetero) is 1. The molecule has 1 aromatic rings. The molecule has 0 atom stereocenters. The van der Waals surface area contributed by atoms with Crippen LogP contribution in [0, 0.1) is 0 Å². The summed E-state index contributed by atoms with van der Waals surface area (Å²) in [4.78, 5) is 15.0. The van der Waals surface area contributed by atoms with E-state index in [1.165, 1.54) is 0 Å². The average Bonchev–Trinajstić information content (AvgIpc) is 2.71. The predicted octanol–water partition coefficient (Wildman–Crippen LogP) is 2.10. The number of benzene rings is 1. The Labute approximate surface area is 105 Å². The number of aliphatic hydroxyl groups excluding tert-OH is 1. The summed E-state index contributed by atoms with van der Waals surface area (Å²) in [6.45, 7) is 2.39. The molecule has 0 saturated heterocycles. The molecule has 2 rings (SSSR count). The molecule has 0 radical (unpaired) electrons. The zero-order valence-corrected chi connectivity index (χ0v) is 10.5. The summed E-state index contributed by atoms with van der Waals surface area (Å²) >= 11 is 1.60. The van der Waals surface area contributed by atoms with Crippen LogP contribution < -0.4 is 0 Å². The van der Waals surface area contributed by atoms with E-state index in [4.69, 9.17) is 5.11 Å². The van der Waals surface area contributed by atoms with Crippen molar-refractivity contribution < 1.29 is 9.90 Å². The Morgan fingerprint density at radius 3 is 2.71 bits per heavy atom. The van der Waals surface area contributed by atoms with Crippen molar-refractivity contribution in [3.05, 3.63) is 46.5 Å². The molecule has 3 nitrogen and oxygen atoms in total. The number of carbonyl (C=O) groups excluding carboxylic acids is 1. The van der Waals surface area contributed by atoms with Gasteiger partial charge in [-0.3, -0.25) is 4.79 Å². The highest BCUT2D eigenvalue weighted by Crippen LogP contribution is 2.30. The number of hydrogen-bond donors (Lipinski definition) is 1. The van der Waals surface area contributed by atoms with Gasteiger partial charge in [-0.15, -0.1) is 11.8 Å². The van der Waals surface area contributed by atoms with Gasteiger partial charge in [0.25, 0.3) is 0 Å². The van der Waals surface area contributed by atoms with E-state index >= 15 is 0 Å². The lowest BCUT2D eigenvalue weighted by atomic mass is 10.1. The van der Waals surface area contributed by atoms with Gasteiger partial charge in [0.2, 0.25) is 0 Å². The second-order valence-electron chi connectivity index (χ2n) is 3.93. The zero-order valence-electron chi connectivity index (χ0n) is 9.72. The first-order valence-electron chi connectivity index (χ1n) is 5.49. The number of aliphatic hydroxyl groups is 1. The normalized spacial score (nSPS) is 15.5. The Kier molecular flexibility index (Phi) is 3.86. The molecule has 0 fully saturated rings. The van der Waals surface area contributed by atoms with Gasteiger partial charge in [-0.2, -0.15) is 0 Å². The highest BCUT2D eigenvalue weighted by Gasteiger charge is 2.21. The second-order valence-corrected chi connectivity index (χ2v) is 4.97. The smallest absolute Gasteiger partial charge is 0.182 e. The monoisotopic (exact) mass is 249 g/mol. The van der Waals surface area contributed by atoms with Crippen LogP contribution in [0.15, 0.2) is 40.9 Å². The van der Waals surface area contributed by atoms with Crippen LogP contribution in [-0.2, 0) is 0 Å². The molecule has 90 valence electrons. The van der Waals surface area contributed by atoms with Crippen molar-refractivity contribution in [3.8, 4) is 0 Å². The average molecular weight is 249 g/mol. The molecular weight excluding hydrogens is 234 g/mol. The lowest BCUT2D eigenvalue weighted by Crippen LogP contribution is -2.25. The number of allylic oxidation sites excluding steroid dienone is 1. The van der Waals surface area contributed by atoms with Crippen molar-refractivity contribution in [2.75, 3.05) is 19.0 Å². The van der Waals surface area contributed by atoms with Crippen LogP contribution in [0.25, 0.3) is 0 Å². The molecule has 1 aliphatic heterocycles. The van der Waals surface area contributed by atoms with Crippen molar-refractivity contribution >= 4 is 17.5 Å². The number of hydrogen-bond acceptors (Lipinski definition) is 4. The molecule has 17 heavy (non-hydrogen) atoms. The number of thioether (sulfide) groups is 1. The van der Waals surface area contributed by atoms with Crippen molar-refractivity contribution in [2.24, 2.45) is 0 Å². The maximum absolute atomic E-state index is 12.0. The van der Waals surface area contributed by atoms with E-state index in [9.17, 15) is 4.79 Å². The molecule has 1 aromatic carbocycles. The summed E-state index contributed by atoms with van der Waals surface area (Å²) in [6.07, 6.45) is 0. The lowest BCUT2D eigenvalue weighted by Gasteiger charge is -2.18. The first-order valence-corrected chi connectivity index (χ1v) is 6.47. The van der Waals surface area contributed by atoms with Crippen molar-refractivity contribution in [1.82, 2.24) is 4.90 Å². The Morgan fingerprint density at radius 2 is 2.12 bits per heavy atom. The molecule has 1 aliphatic rings. The van der Waals surface area contributed by atoms with Crippen LogP contribution in [0.1, 0.15) is 17.3 Å². The number of nitrogens with zero attached hydrogens (tertiary/aromatic N) is 1. The van der Waals surface area contributed by atoms with Gasteiger partial charge in [-0.25, -0.2) is 0 Å². The number of ketones is 1. The fourth-order valence-corrected chi connectivity index (χ4v) is 2.77. The molecule has 0 amide bonds. The largest absolute Gasteiger partial charge is 0.391 e. The van der Waals surface area contributed by atoms with Crippen LogP contribution in [0.3, 0.4) is 0 Å². The van der Waals surface area contributed by atoms with Crippen LogP contribution >= 0.6 is 11.8 Å². The summed E-state index contributed by atoms with van der Waals surface area (Å²) in [7, 11) is 0. The molecule has 0 unspecified atom stereocenters. The topological polar surface area (TPSA) is 40.5 Å². The van der Waals surface area contributed by atoms with E-state index in [1.54, 1.807) is 11.8 Å². The second kappa shape index (κ2) is 5.38. The minimum Gasteiger partial charge on any atom is -0.391 e. The maximum atomic E-state index is 12.0. The SMILES string of the molecule is CC1=C(CO)SCN1CC(=O)c1ccccc1. The summed E-state index contributed by atoms with van der Waals surface area (Å²) in [5.74, 6) is 0.866. The summed E-state index contributed by atoms with van der Waals surface area (Å²) < 4.78 is 0. The van der Waals surface area contributed by atoms with Crippen LogP contribution in [0.2, 0.25) is 0 Å². The summed E-state index contributed by atoms with van der Waals surface area (Å²) in [6, 6.07) is 9.30. The standard InChI is InChI=1S/C13H15NO2S/c1-10-13(8-15)17-9-14(10)7-12(16)11-5-3-2-4-6-11/h2-6,15H,7-9H2,1H3. The zero-order chi connectivity index (χ0) is 12.3. The molecule has 0 spiro atoms. The van der Waals surface area contributed by atoms with Gasteiger partial charge >= 0.3 is 0 Å². The lowest BCUT2D eigenvalue weighted by molar-refractivity contribution is 0.0958. The van der Waals surface area contributed by atoms with Gasteiger partial charge in [0.05, 0.1) is 19.0 Å². The van der Waals surface area contributed by atoms with Crippen molar-refractivity contribution in [2.45, 2.75) is 6.92 Å². The highest BCUT2D eigenvalue weighted by molar-refractivity contribution is 8.03. The Bertz CT molecular complexity index is 442. The molecule has 0 saturated carbocycles. The third-order valence-electron chi connectivity index (χ3n) is 2.85. The molecule has 0 bridgehead atoms. The van der Waals surface area contributed by atoms with Crippen LogP contribution in [0.5, 0.6) is 0 Å². The van der Waals surface area contributed by atoms with Crippen LogP contribution in [-0.4, -0.2) is 34.8 Å². The molecule has 1 N–H and O–H groups in total. The molecule has 0 aliphatic carbocycles. The maximum Gasteiger partial charge on any atom is 0.182 e. The molecule has 4 heteroatoms. The number of rotatable bonds is 4. The van der Waals surface area contributed by atoms with Gasteiger partial charge in [0.1, 0.15) is 0 Å². The summed E-state index contributed by atoms with van der Waals surface area (Å²) in [5.41, 5.74) is 1.75. The minimum absolute atomic E-state index is 0.0620. The first kappa shape index (κ1) is 12.2. The van der Waals surface area contributed by atoms with E-state index in [2.05, 4.69) is 0 Å². The fraction of sp³-hybridized carbons (Fsp3) is 0.308. The first-order chi connectivity index (χ1) is 8.22. The molecule has 1 heterocycles. The third kappa shape index (κ3) is 2.70. The van der Waals surface area contributed by atoms with E-state index in [0.717, 1.165) is 22.0 Å². The van der Waals surface area contributed by atoms with Gasteiger partial charge in [-0.1, -0.05) is 30.3 Å². The number of carbonyl (C=O) groups is 1. The Hall–Kier alpha value is -1.26. The van der Waals surface area contributed by atoms with Crippen molar-refractivity contribution in [3.63, 3.8) is 0 Å². The minimum atomic E-state index is 0.0620. The van der Waals surface area contributed by atoms with E-state index < -0.39 is 0 Å². The Balaban J connectivity index is 2.04. The van der Waals surface area contributed by atoms with E-state index in [1.807, 2.05) is 42.2 Å². The van der Waals surface area contributed by atoms with E-state index in [0.29, 0.717) is 6.54 Å². The predicted molar refractivity (Wildman–Crippen MR) is 69.7 cm³/mol. The third-order valence-corrected chi connectivity index (χ3v) is 4.06. The highest BCUT2D eigenvalue weighted by atomic mass is 32.2. The van der Waals surface area contributed by atoms with Gasteiger partial charge in [0, 0.05) is 16.2 Å². The fourth-order valence-electron chi connectivity index (χ4n) is 1.75. The molecular formula is C13H15NO2S. The summed E-state index contributed by atoms with van der Waals surface area (Å²) in [5, 5.41) is 9.12. The van der Waals surface area contributed by atoms with E-state index in [-0.39, 0.29) is 12.4 Å². The van der Waals surface area contributed by atoms with Gasteiger partial charge < -0.3 is 10.0 Å². The van der Waals surface area contributed by atoms with Crippen molar-refractivity contribution in [1.29, 1.82) is 0 Å². The molecule has 0 aromatic heterocycles. The van der Waals surface area contributed by atoms with Crippen LogP contribution in [0.4, 0.5) is 0 Å². The van der Waals surface area contributed by atoms with Gasteiger partial charge in [-0.05, 0) is 6.92 Å².